The molecule has 1 heterocycles. The van der Waals surface area contributed by atoms with Crippen molar-refractivity contribution in [3.8, 4) is 0 Å². The van der Waals surface area contributed by atoms with Crippen molar-refractivity contribution < 1.29 is 0 Å². The maximum Gasteiger partial charge on any atom is 0.00821 e. The highest BCUT2D eigenvalue weighted by Gasteiger charge is 2.36. The number of hydrogen-bond acceptors (Lipinski definition) is 2. The second-order valence-electron chi connectivity index (χ2n) is 5.09. The largest absolute Gasteiger partial charge is 0.328 e. The first kappa shape index (κ1) is 10.2. The van der Waals surface area contributed by atoms with E-state index >= 15 is 0 Å². The van der Waals surface area contributed by atoms with Crippen molar-refractivity contribution in [1.29, 1.82) is 0 Å². The summed E-state index contributed by atoms with van der Waals surface area (Å²) in [7, 11) is 0. The molecule has 1 fully saturated rings. The molecule has 2 atom stereocenters. The zero-order valence-corrected chi connectivity index (χ0v) is 9.81. The summed E-state index contributed by atoms with van der Waals surface area (Å²) in [4.78, 5) is 1.52. The molecule has 2 heteroatoms. The highest BCUT2D eigenvalue weighted by Crippen LogP contribution is 2.47. The summed E-state index contributed by atoms with van der Waals surface area (Å²) in [6.07, 6.45) is 3.61. The van der Waals surface area contributed by atoms with Crippen molar-refractivity contribution in [2.24, 2.45) is 11.1 Å². The maximum atomic E-state index is 6.06. The van der Waals surface area contributed by atoms with Crippen LogP contribution in [0.5, 0.6) is 0 Å². The molecule has 0 radical (unpaired) electrons. The quantitative estimate of drug-likeness (QED) is 0.754. The standard InChI is InChI=1S/C12H19NS/c1-12(2)6-5-9(13)8-10(12)11-4-3-7-14-11/h3-4,7,9-10H,5-6,8,13H2,1-2H3. The molecule has 1 aromatic rings. The molecule has 1 saturated carbocycles. The summed E-state index contributed by atoms with van der Waals surface area (Å²) < 4.78 is 0. The summed E-state index contributed by atoms with van der Waals surface area (Å²) in [5.74, 6) is 0.672. The van der Waals surface area contributed by atoms with E-state index in [9.17, 15) is 0 Å². The highest BCUT2D eigenvalue weighted by molar-refractivity contribution is 7.10. The van der Waals surface area contributed by atoms with Crippen molar-refractivity contribution in [2.45, 2.75) is 45.1 Å². The van der Waals surface area contributed by atoms with Crippen molar-refractivity contribution >= 4 is 11.3 Å². The first-order valence-corrected chi connectivity index (χ1v) is 6.26. The molecular formula is C12H19NS. The third-order valence-electron chi connectivity index (χ3n) is 3.53. The van der Waals surface area contributed by atoms with Gasteiger partial charge in [0, 0.05) is 10.9 Å². The van der Waals surface area contributed by atoms with Gasteiger partial charge in [-0.3, -0.25) is 0 Å². The number of rotatable bonds is 1. The van der Waals surface area contributed by atoms with Gasteiger partial charge in [-0.05, 0) is 42.0 Å². The Kier molecular flexibility index (Phi) is 2.67. The molecule has 2 unspecified atom stereocenters. The molecule has 0 aliphatic heterocycles. The van der Waals surface area contributed by atoms with Gasteiger partial charge in [0.2, 0.25) is 0 Å². The molecule has 0 aromatic carbocycles. The van der Waals surface area contributed by atoms with Crippen molar-refractivity contribution in [1.82, 2.24) is 0 Å². The Balaban J connectivity index is 2.22. The number of thiophene rings is 1. The summed E-state index contributed by atoms with van der Waals surface area (Å²) >= 11 is 1.88. The summed E-state index contributed by atoms with van der Waals surface area (Å²) in [6.45, 7) is 4.76. The van der Waals surface area contributed by atoms with Gasteiger partial charge in [-0.1, -0.05) is 19.9 Å². The highest BCUT2D eigenvalue weighted by atomic mass is 32.1. The minimum atomic E-state index is 0.412. The van der Waals surface area contributed by atoms with Gasteiger partial charge >= 0.3 is 0 Å². The van der Waals surface area contributed by atoms with Crippen molar-refractivity contribution in [3.05, 3.63) is 22.4 Å². The third kappa shape index (κ3) is 1.86. The average Bonchev–Trinajstić information content (AvgIpc) is 2.62. The minimum Gasteiger partial charge on any atom is -0.328 e. The first-order chi connectivity index (χ1) is 6.59. The van der Waals surface area contributed by atoms with E-state index in [4.69, 9.17) is 5.73 Å². The van der Waals surface area contributed by atoms with Gasteiger partial charge in [-0.15, -0.1) is 11.3 Å². The molecule has 1 nitrogen and oxygen atoms in total. The maximum absolute atomic E-state index is 6.06. The molecule has 0 spiro atoms. The fraction of sp³-hybridized carbons (Fsp3) is 0.667. The smallest absolute Gasteiger partial charge is 0.00821 e. The topological polar surface area (TPSA) is 26.0 Å². The van der Waals surface area contributed by atoms with Crippen LogP contribution in [-0.2, 0) is 0 Å². The monoisotopic (exact) mass is 209 g/mol. The first-order valence-electron chi connectivity index (χ1n) is 5.38. The van der Waals surface area contributed by atoms with Crippen LogP contribution < -0.4 is 5.73 Å². The molecule has 14 heavy (non-hydrogen) atoms. The van der Waals surface area contributed by atoms with E-state index in [1.54, 1.807) is 0 Å². The lowest BCUT2D eigenvalue weighted by atomic mass is 9.67. The Morgan fingerprint density at radius 1 is 1.50 bits per heavy atom. The second kappa shape index (κ2) is 3.67. The Bertz CT molecular complexity index is 289. The minimum absolute atomic E-state index is 0.412. The van der Waals surface area contributed by atoms with Crippen LogP contribution in [0.15, 0.2) is 17.5 Å². The molecule has 1 aliphatic rings. The van der Waals surface area contributed by atoms with Gasteiger partial charge in [-0.2, -0.15) is 0 Å². The van der Waals surface area contributed by atoms with Gasteiger partial charge in [0.05, 0.1) is 0 Å². The van der Waals surface area contributed by atoms with Gasteiger partial charge in [0.25, 0.3) is 0 Å². The summed E-state index contributed by atoms with van der Waals surface area (Å²) in [5, 5.41) is 2.17. The number of hydrogen-bond donors (Lipinski definition) is 1. The van der Waals surface area contributed by atoms with Gasteiger partial charge in [0.1, 0.15) is 0 Å². The van der Waals surface area contributed by atoms with E-state index in [-0.39, 0.29) is 0 Å². The Morgan fingerprint density at radius 2 is 2.29 bits per heavy atom. The van der Waals surface area contributed by atoms with Gasteiger partial charge in [-0.25, -0.2) is 0 Å². The summed E-state index contributed by atoms with van der Waals surface area (Å²) in [5.41, 5.74) is 6.49. The average molecular weight is 209 g/mol. The molecule has 1 aromatic heterocycles. The van der Waals surface area contributed by atoms with E-state index in [0.717, 1.165) is 6.42 Å². The zero-order valence-electron chi connectivity index (χ0n) is 8.99. The number of nitrogens with two attached hydrogens (primary N) is 1. The second-order valence-corrected chi connectivity index (χ2v) is 6.07. The molecule has 0 amide bonds. The molecule has 2 rings (SSSR count). The predicted octanol–water partition coefficient (Wildman–Crippen LogP) is 3.37. The zero-order chi connectivity index (χ0) is 10.2. The van der Waals surface area contributed by atoms with E-state index in [1.807, 2.05) is 11.3 Å². The van der Waals surface area contributed by atoms with E-state index in [0.29, 0.717) is 17.4 Å². The van der Waals surface area contributed by atoms with Crippen LogP contribution >= 0.6 is 11.3 Å². The lowest BCUT2D eigenvalue weighted by molar-refractivity contribution is 0.185. The van der Waals surface area contributed by atoms with Crippen molar-refractivity contribution in [3.63, 3.8) is 0 Å². The molecule has 2 N–H and O–H groups in total. The van der Waals surface area contributed by atoms with E-state index < -0.39 is 0 Å². The van der Waals surface area contributed by atoms with E-state index in [1.165, 1.54) is 17.7 Å². The van der Waals surface area contributed by atoms with Crippen LogP contribution in [0.4, 0.5) is 0 Å². The molecule has 1 aliphatic carbocycles. The van der Waals surface area contributed by atoms with Crippen LogP contribution in [0.1, 0.15) is 43.9 Å². The van der Waals surface area contributed by atoms with Crippen LogP contribution in [-0.4, -0.2) is 6.04 Å². The fourth-order valence-corrected chi connectivity index (χ4v) is 3.51. The lowest BCUT2D eigenvalue weighted by Gasteiger charge is -2.40. The lowest BCUT2D eigenvalue weighted by Crippen LogP contribution is -2.36. The van der Waals surface area contributed by atoms with Crippen LogP contribution in [0, 0.1) is 5.41 Å². The van der Waals surface area contributed by atoms with Gasteiger partial charge < -0.3 is 5.73 Å². The van der Waals surface area contributed by atoms with Crippen LogP contribution in [0.2, 0.25) is 0 Å². The Morgan fingerprint density at radius 3 is 2.93 bits per heavy atom. The van der Waals surface area contributed by atoms with Crippen molar-refractivity contribution in [2.75, 3.05) is 0 Å². The third-order valence-corrected chi connectivity index (χ3v) is 4.51. The predicted molar refractivity (Wildman–Crippen MR) is 62.7 cm³/mol. The molecular weight excluding hydrogens is 190 g/mol. The molecule has 78 valence electrons. The van der Waals surface area contributed by atoms with Crippen LogP contribution in [0.25, 0.3) is 0 Å². The normalized spacial score (nSPS) is 31.6. The molecule has 0 saturated heterocycles. The summed E-state index contributed by atoms with van der Waals surface area (Å²) in [6, 6.07) is 4.82. The van der Waals surface area contributed by atoms with E-state index in [2.05, 4.69) is 31.4 Å². The Hall–Kier alpha value is -0.340. The molecule has 0 bridgehead atoms. The van der Waals surface area contributed by atoms with Gasteiger partial charge in [0.15, 0.2) is 0 Å². The Labute approximate surface area is 90.3 Å². The fourth-order valence-electron chi connectivity index (χ4n) is 2.46. The van der Waals surface area contributed by atoms with Crippen LogP contribution in [0.3, 0.4) is 0 Å². The SMILES string of the molecule is CC1(C)CCC(N)CC1c1cccs1.